The number of nitrogens with one attached hydrogen (secondary N) is 1. The fourth-order valence-electron chi connectivity index (χ4n) is 2.74. The van der Waals surface area contributed by atoms with E-state index in [1.807, 2.05) is 7.05 Å². The first-order chi connectivity index (χ1) is 9.61. The van der Waals surface area contributed by atoms with Gasteiger partial charge in [-0.3, -0.25) is 4.90 Å². The zero-order chi connectivity index (χ0) is 14.5. The minimum Gasteiger partial charge on any atom is -0.379 e. The number of ether oxygens (including phenoxy) is 1. The van der Waals surface area contributed by atoms with Gasteiger partial charge in [0.2, 0.25) is 0 Å². The SMILES string of the molecule is CNC(CN1CCOCC1C)c1ccc(C(C)C)cc1. The monoisotopic (exact) mass is 276 g/mol. The highest BCUT2D eigenvalue weighted by Crippen LogP contribution is 2.20. The summed E-state index contributed by atoms with van der Waals surface area (Å²) in [6.07, 6.45) is 0. The first-order valence-electron chi connectivity index (χ1n) is 7.70. The largest absolute Gasteiger partial charge is 0.379 e. The second-order valence-corrected chi connectivity index (χ2v) is 6.08. The zero-order valence-corrected chi connectivity index (χ0v) is 13.2. The molecule has 2 atom stereocenters. The van der Waals surface area contributed by atoms with Gasteiger partial charge in [0, 0.05) is 25.2 Å². The smallest absolute Gasteiger partial charge is 0.0619 e. The van der Waals surface area contributed by atoms with Crippen LogP contribution in [0.25, 0.3) is 0 Å². The van der Waals surface area contributed by atoms with Crippen molar-refractivity contribution < 1.29 is 4.74 Å². The van der Waals surface area contributed by atoms with Gasteiger partial charge >= 0.3 is 0 Å². The molecule has 0 saturated carbocycles. The van der Waals surface area contributed by atoms with Crippen LogP contribution in [0, 0.1) is 0 Å². The first-order valence-corrected chi connectivity index (χ1v) is 7.70. The van der Waals surface area contributed by atoms with Crippen LogP contribution >= 0.6 is 0 Å². The molecule has 3 nitrogen and oxygen atoms in total. The maximum absolute atomic E-state index is 5.51. The summed E-state index contributed by atoms with van der Waals surface area (Å²) in [5, 5.41) is 3.45. The molecule has 3 heteroatoms. The van der Waals surface area contributed by atoms with E-state index in [0.29, 0.717) is 18.0 Å². The predicted molar refractivity (Wildman–Crippen MR) is 84.2 cm³/mol. The molecule has 1 saturated heterocycles. The van der Waals surface area contributed by atoms with Crippen LogP contribution in [0.5, 0.6) is 0 Å². The van der Waals surface area contributed by atoms with Gasteiger partial charge in [0.05, 0.1) is 13.2 Å². The van der Waals surface area contributed by atoms with Gasteiger partial charge in [0.25, 0.3) is 0 Å². The van der Waals surface area contributed by atoms with Gasteiger partial charge in [-0.1, -0.05) is 38.1 Å². The van der Waals surface area contributed by atoms with E-state index in [-0.39, 0.29) is 0 Å². The standard InChI is InChI=1S/C17H28N2O/c1-13(2)15-5-7-16(8-6-15)17(18-4)11-19-9-10-20-12-14(19)3/h5-8,13-14,17-18H,9-12H2,1-4H3. The van der Waals surface area contributed by atoms with E-state index in [4.69, 9.17) is 4.74 Å². The highest BCUT2D eigenvalue weighted by atomic mass is 16.5. The molecular weight excluding hydrogens is 248 g/mol. The van der Waals surface area contributed by atoms with E-state index in [9.17, 15) is 0 Å². The van der Waals surface area contributed by atoms with Gasteiger partial charge in [-0.15, -0.1) is 0 Å². The summed E-state index contributed by atoms with van der Waals surface area (Å²) in [5.41, 5.74) is 2.78. The van der Waals surface area contributed by atoms with Gasteiger partial charge in [-0.25, -0.2) is 0 Å². The lowest BCUT2D eigenvalue weighted by Gasteiger charge is -2.35. The van der Waals surface area contributed by atoms with Crippen molar-refractivity contribution in [2.24, 2.45) is 0 Å². The molecule has 0 bridgehead atoms. The van der Waals surface area contributed by atoms with Gasteiger partial charge in [0.1, 0.15) is 0 Å². The number of rotatable bonds is 5. The summed E-state index contributed by atoms with van der Waals surface area (Å²) in [6.45, 7) is 10.5. The Morgan fingerprint density at radius 3 is 2.45 bits per heavy atom. The van der Waals surface area contributed by atoms with Crippen molar-refractivity contribution >= 4 is 0 Å². The quantitative estimate of drug-likeness (QED) is 0.895. The Bertz CT molecular complexity index is 402. The third-order valence-electron chi connectivity index (χ3n) is 4.28. The van der Waals surface area contributed by atoms with Crippen LogP contribution in [0.4, 0.5) is 0 Å². The molecule has 1 aromatic rings. The Kier molecular flexibility index (Phi) is 5.58. The van der Waals surface area contributed by atoms with Crippen molar-refractivity contribution in [3.8, 4) is 0 Å². The van der Waals surface area contributed by atoms with E-state index in [1.54, 1.807) is 0 Å². The number of morpholine rings is 1. The van der Waals surface area contributed by atoms with Crippen molar-refractivity contribution in [1.29, 1.82) is 0 Å². The average Bonchev–Trinajstić information content (AvgIpc) is 2.46. The van der Waals surface area contributed by atoms with Crippen molar-refractivity contribution in [2.45, 2.75) is 38.8 Å². The Hall–Kier alpha value is -0.900. The Labute approximate surface area is 123 Å². The predicted octanol–water partition coefficient (Wildman–Crippen LogP) is 2.79. The Balaban J connectivity index is 2.03. The summed E-state index contributed by atoms with van der Waals surface area (Å²) in [5.74, 6) is 0.594. The third kappa shape index (κ3) is 3.81. The van der Waals surface area contributed by atoms with Crippen LogP contribution in [0.1, 0.15) is 43.9 Å². The van der Waals surface area contributed by atoms with Crippen molar-refractivity contribution in [2.75, 3.05) is 33.4 Å². The fraction of sp³-hybridized carbons (Fsp3) is 0.647. The van der Waals surface area contributed by atoms with E-state index >= 15 is 0 Å². The molecule has 1 N–H and O–H groups in total. The number of likely N-dealkylation sites (N-methyl/N-ethyl adjacent to an activating group) is 1. The molecule has 1 aromatic carbocycles. The molecule has 0 amide bonds. The van der Waals surface area contributed by atoms with Crippen molar-refractivity contribution in [3.63, 3.8) is 0 Å². The molecule has 2 rings (SSSR count). The second kappa shape index (κ2) is 7.21. The lowest BCUT2D eigenvalue weighted by atomic mass is 9.98. The Morgan fingerprint density at radius 1 is 1.25 bits per heavy atom. The number of hydrogen-bond donors (Lipinski definition) is 1. The molecule has 2 unspecified atom stereocenters. The summed E-state index contributed by atoms with van der Waals surface area (Å²) in [6, 6.07) is 9.94. The van der Waals surface area contributed by atoms with Gasteiger partial charge in [-0.05, 0) is 31.0 Å². The molecular formula is C17H28N2O. The summed E-state index contributed by atoms with van der Waals surface area (Å²) in [4.78, 5) is 2.51. The van der Waals surface area contributed by atoms with Gasteiger partial charge in [0.15, 0.2) is 0 Å². The van der Waals surface area contributed by atoms with Gasteiger partial charge < -0.3 is 10.1 Å². The minimum absolute atomic E-state index is 0.386. The summed E-state index contributed by atoms with van der Waals surface area (Å²) >= 11 is 0. The molecule has 1 heterocycles. The van der Waals surface area contributed by atoms with Crippen LogP contribution in [0.15, 0.2) is 24.3 Å². The maximum Gasteiger partial charge on any atom is 0.0619 e. The molecule has 0 spiro atoms. The van der Waals surface area contributed by atoms with Crippen LogP contribution in [0.2, 0.25) is 0 Å². The van der Waals surface area contributed by atoms with Gasteiger partial charge in [-0.2, -0.15) is 0 Å². The lowest BCUT2D eigenvalue weighted by Crippen LogP contribution is -2.46. The molecule has 0 radical (unpaired) electrons. The number of nitrogens with zero attached hydrogens (tertiary/aromatic N) is 1. The molecule has 1 aliphatic heterocycles. The molecule has 0 aromatic heterocycles. The normalized spacial score (nSPS) is 22.1. The third-order valence-corrected chi connectivity index (χ3v) is 4.28. The van der Waals surface area contributed by atoms with Crippen molar-refractivity contribution in [1.82, 2.24) is 10.2 Å². The van der Waals surface area contributed by atoms with E-state index in [0.717, 1.165) is 26.3 Å². The Morgan fingerprint density at radius 2 is 1.90 bits per heavy atom. The summed E-state index contributed by atoms with van der Waals surface area (Å²) in [7, 11) is 2.05. The molecule has 112 valence electrons. The average molecular weight is 276 g/mol. The lowest BCUT2D eigenvalue weighted by molar-refractivity contribution is -0.00416. The first kappa shape index (κ1) is 15.5. The minimum atomic E-state index is 0.386. The van der Waals surface area contributed by atoms with Crippen molar-refractivity contribution in [3.05, 3.63) is 35.4 Å². The number of benzene rings is 1. The fourth-order valence-corrected chi connectivity index (χ4v) is 2.74. The zero-order valence-electron chi connectivity index (χ0n) is 13.2. The topological polar surface area (TPSA) is 24.5 Å². The molecule has 20 heavy (non-hydrogen) atoms. The summed E-state index contributed by atoms with van der Waals surface area (Å²) < 4.78 is 5.51. The van der Waals surface area contributed by atoms with E-state index < -0.39 is 0 Å². The highest BCUT2D eigenvalue weighted by molar-refractivity contribution is 5.27. The number of hydrogen-bond acceptors (Lipinski definition) is 3. The van der Waals surface area contributed by atoms with Crippen LogP contribution in [-0.4, -0.2) is 44.3 Å². The van der Waals surface area contributed by atoms with E-state index in [2.05, 4.69) is 55.3 Å². The molecule has 1 fully saturated rings. The van der Waals surface area contributed by atoms with Crippen LogP contribution in [0.3, 0.4) is 0 Å². The van der Waals surface area contributed by atoms with Crippen LogP contribution in [-0.2, 0) is 4.74 Å². The molecule has 0 aliphatic carbocycles. The molecule has 1 aliphatic rings. The second-order valence-electron chi connectivity index (χ2n) is 6.08. The van der Waals surface area contributed by atoms with Crippen LogP contribution < -0.4 is 5.32 Å². The van der Waals surface area contributed by atoms with E-state index in [1.165, 1.54) is 11.1 Å². The maximum atomic E-state index is 5.51. The highest BCUT2D eigenvalue weighted by Gasteiger charge is 2.22.